The molecule has 4 aliphatic rings. The quantitative estimate of drug-likeness (QED) is 0.276. The standard InChI is InChI=1S/C31H50O4/c1-19(2)9-8-10-20(3)26-13-14-27-25-12-11-23-17-24(34-21(4)32)18-29(35-22(5)33)31(23,7)28(25)15-16-30(26,27)6/h11,19-20,24-29H,8-10,12-18H2,1-7H3/t20-,24-,25+,26-,27+,28+,29+,30-,31+/m1/s1. The van der Waals surface area contributed by atoms with Crippen molar-refractivity contribution >= 4 is 11.9 Å². The third kappa shape index (κ3) is 4.97. The minimum atomic E-state index is -0.248. The van der Waals surface area contributed by atoms with Crippen LogP contribution in [0.3, 0.4) is 0 Å². The molecule has 4 rings (SSSR count). The summed E-state index contributed by atoms with van der Waals surface area (Å²) < 4.78 is 11.6. The zero-order chi connectivity index (χ0) is 25.5. The molecular formula is C31H50O4. The average Bonchev–Trinajstić information content (AvgIpc) is 3.11. The summed E-state index contributed by atoms with van der Waals surface area (Å²) in [6.07, 6.45) is 13.9. The monoisotopic (exact) mass is 486 g/mol. The Kier molecular flexibility index (Phi) is 7.80. The first-order chi connectivity index (χ1) is 16.5. The van der Waals surface area contributed by atoms with Crippen LogP contribution in [-0.4, -0.2) is 24.1 Å². The van der Waals surface area contributed by atoms with Gasteiger partial charge in [-0.2, -0.15) is 0 Å². The first-order valence-corrected chi connectivity index (χ1v) is 14.5. The summed E-state index contributed by atoms with van der Waals surface area (Å²) in [5.41, 5.74) is 1.65. The topological polar surface area (TPSA) is 52.6 Å². The smallest absolute Gasteiger partial charge is 0.302 e. The van der Waals surface area contributed by atoms with Gasteiger partial charge in [0.25, 0.3) is 0 Å². The molecule has 0 radical (unpaired) electrons. The molecule has 35 heavy (non-hydrogen) atoms. The summed E-state index contributed by atoms with van der Waals surface area (Å²) in [5.74, 6) is 3.94. The van der Waals surface area contributed by atoms with Crippen LogP contribution in [-0.2, 0) is 19.1 Å². The van der Waals surface area contributed by atoms with Crippen molar-refractivity contribution in [2.75, 3.05) is 0 Å². The Balaban J connectivity index is 1.56. The lowest BCUT2D eigenvalue weighted by molar-refractivity contribution is -0.172. The third-order valence-corrected chi connectivity index (χ3v) is 11.0. The highest BCUT2D eigenvalue weighted by Crippen LogP contribution is 2.67. The molecule has 0 saturated heterocycles. The van der Waals surface area contributed by atoms with Gasteiger partial charge in [-0.3, -0.25) is 9.59 Å². The molecule has 9 atom stereocenters. The number of hydrogen-bond donors (Lipinski definition) is 0. The Morgan fingerprint density at radius 3 is 2.37 bits per heavy atom. The normalized spacial score (nSPS) is 41.3. The number of rotatable bonds is 7. The van der Waals surface area contributed by atoms with Crippen LogP contribution >= 0.6 is 0 Å². The Hall–Kier alpha value is -1.32. The van der Waals surface area contributed by atoms with Gasteiger partial charge in [-0.15, -0.1) is 0 Å². The second kappa shape index (κ2) is 10.2. The van der Waals surface area contributed by atoms with Crippen LogP contribution in [0.25, 0.3) is 0 Å². The molecule has 3 saturated carbocycles. The Morgan fingerprint density at radius 1 is 1.00 bits per heavy atom. The number of allylic oxidation sites excluding steroid dienone is 1. The second-order valence-corrected chi connectivity index (χ2v) is 13.4. The van der Waals surface area contributed by atoms with Crippen LogP contribution in [0.5, 0.6) is 0 Å². The molecule has 4 nitrogen and oxygen atoms in total. The number of esters is 2. The van der Waals surface area contributed by atoms with Gasteiger partial charge >= 0.3 is 11.9 Å². The van der Waals surface area contributed by atoms with Gasteiger partial charge in [-0.1, -0.05) is 65.5 Å². The van der Waals surface area contributed by atoms with Crippen molar-refractivity contribution in [1.82, 2.24) is 0 Å². The van der Waals surface area contributed by atoms with E-state index in [0.29, 0.717) is 23.7 Å². The largest absolute Gasteiger partial charge is 0.462 e. The number of carbonyl (C=O) groups excluding carboxylic acids is 2. The molecule has 0 heterocycles. The highest BCUT2D eigenvalue weighted by molar-refractivity contribution is 5.67. The molecule has 0 aliphatic heterocycles. The number of hydrogen-bond acceptors (Lipinski definition) is 4. The van der Waals surface area contributed by atoms with E-state index in [0.717, 1.165) is 36.5 Å². The first kappa shape index (κ1) is 26.7. The van der Waals surface area contributed by atoms with Crippen molar-refractivity contribution in [2.24, 2.45) is 46.3 Å². The maximum atomic E-state index is 12.1. The van der Waals surface area contributed by atoms with Crippen molar-refractivity contribution in [3.63, 3.8) is 0 Å². The average molecular weight is 487 g/mol. The summed E-state index contributed by atoms with van der Waals surface area (Å²) in [6, 6.07) is 0. The van der Waals surface area contributed by atoms with Crippen LogP contribution in [0.2, 0.25) is 0 Å². The molecule has 0 aromatic carbocycles. The molecule has 0 unspecified atom stereocenters. The van der Waals surface area contributed by atoms with E-state index in [1.165, 1.54) is 64.4 Å². The van der Waals surface area contributed by atoms with Gasteiger partial charge in [0.05, 0.1) is 0 Å². The SMILES string of the molecule is CC(=O)O[C@@H]1CC2=CC[C@H]3[C@@H]4CC[C@H]([C@H](C)CCCC(C)C)[C@@]4(C)CC[C@@H]3[C@@]2(C)[C@@H](OC(C)=O)C1. The first-order valence-electron chi connectivity index (χ1n) is 14.5. The highest BCUT2D eigenvalue weighted by Gasteiger charge is 2.62. The molecule has 198 valence electrons. The zero-order valence-corrected chi connectivity index (χ0v) is 23.4. The van der Waals surface area contributed by atoms with Crippen LogP contribution in [0, 0.1) is 46.3 Å². The van der Waals surface area contributed by atoms with Crippen LogP contribution in [0.4, 0.5) is 0 Å². The van der Waals surface area contributed by atoms with Crippen LogP contribution < -0.4 is 0 Å². The summed E-state index contributed by atoms with van der Waals surface area (Å²) in [4.78, 5) is 23.9. The van der Waals surface area contributed by atoms with E-state index in [1.54, 1.807) is 0 Å². The van der Waals surface area contributed by atoms with Crippen molar-refractivity contribution in [1.29, 1.82) is 0 Å². The summed E-state index contributed by atoms with van der Waals surface area (Å²) >= 11 is 0. The van der Waals surface area contributed by atoms with Gasteiger partial charge in [0.2, 0.25) is 0 Å². The zero-order valence-electron chi connectivity index (χ0n) is 23.4. The molecule has 3 fully saturated rings. The van der Waals surface area contributed by atoms with E-state index in [4.69, 9.17) is 9.47 Å². The lowest BCUT2D eigenvalue weighted by Gasteiger charge is -2.60. The Bertz CT molecular complexity index is 830. The van der Waals surface area contributed by atoms with Gasteiger partial charge in [-0.25, -0.2) is 0 Å². The molecular weight excluding hydrogens is 436 g/mol. The lowest BCUT2D eigenvalue weighted by atomic mass is 9.46. The molecule has 0 bridgehead atoms. The van der Waals surface area contributed by atoms with E-state index >= 15 is 0 Å². The van der Waals surface area contributed by atoms with E-state index in [-0.39, 0.29) is 29.6 Å². The molecule has 4 heteroatoms. The fourth-order valence-corrected chi connectivity index (χ4v) is 9.38. The summed E-state index contributed by atoms with van der Waals surface area (Å²) in [6.45, 7) is 15.2. The van der Waals surface area contributed by atoms with E-state index in [1.807, 2.05) is 0 Å². The number of fused-ring (bicyclic) bond motifs is 5. The molecule has 0 amide bonds. The molecule has 0 aromatic rings. The van der Waals surface area contributed by atoms with Crippen molar-refractivity contribution < 1.29 is 19.1 Å². The predicted molar refractivity (Wildman–Crippen MR) is 140 cm³/mol. The van der Waals surface area contributed by atoms with Gasteiger partial charge in [0.1, 0.15) is 12.2 Å². The minimum Gasteiger partial charge on any atom is -0.462 e. The van der Waals surface area contributed by atoms with Crippen LogP contribution in [0.15, 0.2) is 11.6 Å². The third-order valence-electron chi connectivity index (χ3n) is 11.0. The summed E-state index contributed by atoms with van der Waals surface area (Å²) in [7, 11) is 0. The van der Waals surface area contributed by atoms with Gasteiger partial charge in [0.15, 0.2) is 0 Å². The number of carbonyl (C=O) groups is 2. The van der Waals surface area contributed by atoms with E-state index < -0.39 is 0 Å². The molecule has 4 aliphatic carbocycles. The number of ether oxygens (including phenoxy) is 2. The maximum absolute atomic E-state index is 12.1. The van der Waals surface area contributed by atoms with Gasteiger partial charge < -0.3 is 9.47 Å². The molecule has 0 aromatic heterocycles. The van der Waals surface area contributed by atoms with Crippen molar-refractivity contribution in [2.45, 2.75) is 125 Å². The maximum Gasteiger partial charge on any atom is 0.302 e. The Morgan fingerprint density at radius 2 is 1.71 bits per heavy atom. The van der Waals surface area contributed by atoms with E-state index in [9.17, 15) is 9.59 Å². The molecule has 0 spiro atoms. The van der Waals surface area contributed by atoms with Crippen molar-refractivity contribution in [3.05, 3.63) is 11.6 Å². The fourth-order valence-electron chi connectivity index (χ4n) is 9.38. The molecule has 0 N–H and O–H groups in total. The summed E-state index contributed by atoms with van der Waals surface area (Å²) in [5, 5.41) is 0. The predicted octanol–water partition coefficient (Wildman–Crippen LogP) is 7.50. The minimum absolute atomic E-state index is 0.145. The van der Waals surface area contributed by atoms with Gasteiger partial charge in [-0.05, 0) is 73.0 Å². The van der Waals surface area contributed by atoms with Crippen LogP contribution in [0.1, 0.15) is 113 Å². The Labute approximate surface area is 214 Å². The van der Waals surface area contributed by atoms with Gasteiger partial charge in [0, 0.05) is 32.1 Å². The highest BCUT2D eigenvalue weighted by atomic mass is 16.6. The lowest BCUT2D eigenvalue weighted by Crippen LogP contribution is -2.57. The fraction of sp³-hybridized carbons (Fsp3) is 0.871. The van der Waals surface area contributed by atoms with Crippen molar-refractivity contribution in [3.8, 4) is 0 Å². The van der Waals surface area contributed by atoms with E-state index in [2.05, 4.69) is 40.7 Å². The second-order valence-electron chi connectivity index (χ2n) is 13.4.